The molecule has 2 nitrogen and oxygen atoms in total. The number of rotatable bonds is 7. The molecular formula is C22H30O2. The summed E-state index contributed by atoms with van der Waals surface area (Å²) in [5.41, 5.74) is 6.60. The van der Waals surface area contributed by atoms with Crippen molar-refractivity contribution in [1.82, 2.24) is 0 Å². The molecular weight excluding hydrogens is 296 g/mol. The Morgan fingerprint density at radius 3 is 1.38 bits per heavy atom. The van der Waals surface area contributed by atoms with Gasteiger partial charge in [-0.2, -0.15) is 0 Å². The number of phenols is 2. The summed E-state index contributed by atoms with van der Waals surface area (Å²) in [7, 11) is 0. The fourth-order valence-corrected chi connectivity index (χ4v) is 3.13. The number of hydrogen-bond donors (Lipinski definition) is 2. The van der Waals surface area contributed by atoms with Crippen LogP contribution in [-0.2, 0) is 12.8 Å². The molecule has 0 spiro atoms. The van der Waals surface area contributed by atoms with Crippen molar-refractivity contribution in [3.05, 3.63) is 46.5 Å². The van der Waals surface area contributed by atoms with E-state index in [2.05, 4.69) is 26.0 Å². The number of benzene rings is 2. The normalized spacial score (nSPS) is 11.0. The monoisotopic (exact) mass is 326 g/mol. The Hall–Kier alpha value is -1.96. The van der Waals surface area contributed by atoms with Gasteiger partial charge in [-0.1, -0.05) is 26.7 Å². The summed E-state index contributed by atoms with van der Waals surface area (Å²) in [4.78, 5) is 0. The second-order valence-electron chi connectivity index (χ2n) is 6.80. The van der Waals surface area contributed by atoms with Gasteiger partial charge in [0.25, 0.3) is 0 Å². The van der Waals surface area contributed by atoms with Gasteiger partial charge >= 0.3 is 0 Å². The summed E-state index contributed by atoms with van der Waals surface area (Å²) < 4.78 is 0. The maximum absolute atomic E-state index is 10.1. The first kappa shape index (κ1) is 18.4. The number of aryl methyl sites for hydroxylation is 4. The molecule has 0 amide bonds. The van der Waals surface area contributed by atoms with Crippen LogP contribution in [0.25, 0.3) is 11.1 Å². The van der Waals surface area contributed by atoms with Crippen molar-refractivity contribution in [1.29, 1.82) is 0 Å². The van der Waals surface area contributed by atoms with Gasteiger partial charge in [0.1, 0.15) is 11.5 Å². The third kappa shape index (κ3) is 4.11. The van der Waals surface area contributed by atoms with Crippen LogP contribution in [0.1, 0.15) is 61.8 Å². The summed E-state index contributed by atoms with van der Waals surface area (Å²) in [5, 5.41) is 20.3. The molecule has 2 aromatic carbocycles. The van der Waals surface area contributed by atoms with Crippen LogP contribution in [0.3, 0.4) is 0 Å². The van der Waals surface area contributed by atoms with Gasteiger partial charge < -0.3 is 10.2 Å². The Morgan fingerprint density at radius 1 is 0.667 bits per heavy atom. The first-order chi connectivity index (χ1) is 11.5. The van der Waals surface area contributed by atoms with Crippen LogP contribution in [0.5, 0.6) is 11.5 Å². The minimum atomic E-state index is 0.371. The molecule has 2 rings (SSSR count). The van der Waals surface area contributed by atoms with Gasteiger partial charge in [-0.3, -0.25) is 0 Å². The van der Waals surface area contributed by atoms with E-state index in [1.165, 1.54) is 22.3 Å². The standard InChI is InChI=1S/C22H30O2/c1-5-7-9-17-13-21(23)15(3)11-19(17)20-12-16(4)22(24)14-18(20)10-8-6-2/h11-14,23-24H,5-10H2,1-4H3. The Kier molecular flexibility index (Phi) is 6.30. The van der Waals surface area contributed by atoms with Gasteiger partial charge in [-0.05, 0) is 97.2 Å². The molecule has 0 radical (unpaired) electrons. The topological polar surface area (TPSA) is 40.5 Å². The highest BCUT2D eigenvalue weighted by atomic mass is 16.3. The highest BCUT2D eigenvalue weighted by Crippen LogP contribution is 2.36. The second-order valence-corrected chi connectivity index (χ2v) is 6.80. The van der Waals surface area contributed by atoms with Gasteiger partial charge in [0.15, 0.2) is 0 Å². The maximum Gasteiger partial charge on any atom is 0.118 e. The van der Waals surface area contributed by atoms with Gasteiger partial charge in [0.05, 0.1) is 0 Å². The van der Waals surface area contributed by atoms with E-state index >= 15 is 0 Å². The van der Waals surface area contributed by atoms with Crippen molar-refractivity contribution in [3.63, 3.8) is 0 Å². The molecule has 0 aromatic heterocycles. The zero-order valence-corrected chi connectivity index (χ0v) is 15.4. The molecule has 0 heterocycles. The summed E-state index contributed by atoms with van der Waals surface area (Å²) in [6, 6.07) is 8.04. The van der Waals surface area contributed by atoms with Crippen LogP contribution >= 0.6 is 0 Å². The number of hydrogen-bond acceptors (Lipinski definition) is 2. The van der Waals surface area contributed by atoms with E-state index in [0.717, 1.165) is 49.7 Å². The number of aromatic hydroxyl groups is 2. The highest BCUT2D eigenvalue weighted by Gasteiger charge is 2.14. The molecule has 2 heteroatoms. The van der Waals surface area contributed by atoms with Crippen molar-refractivity contribution in [2.75, 3.05) is 0 Å². The molecule has 0 aliphatic heterocycles. The Labute approximate surface area is 146 Å². The molecule has 130 valence electrons. The molecule has 0 saturated heterocycles. The quantitative estimate of drug-likeness (QED) is 0.648. The largest absolute Gasteiger partial charge is 0.508 e. The average Bonchev–Trinajstić information content (AvgIpc) is 2.56. The van der Waals surface area contributed by atoms with Crippen molar-refractivity contribution < 1.29 is 10.2 Å². The first-order valence-electron chi connectivity index (χ1n) is 9.13. The third-order valence-electron chi connectivity index (χ3n) is 4.73. The minimum Gasteiger partial charge on any atom is -0.508 e. The van der Waals surface area contributed by atoms with E-state index in [1.807, 2.05) is 26.0 Å². The van der Waals surface area contributed by atoms with Crippen LogP contribution in [0.2, 0.25) is 0 Å². The Morgan fingerprint density at radius 2 is 1.04 bits per heavy atom. The smallest absolute Gasteiger partial charge is 0.118 e. The lowest BCUT2D eigenvalue weighted by atomic mass is 9.88. The van der Waals surface area contributed by atoms with Gasteiger partial charge in [0, 0.05) is 0 Å². The lowest BCUT2D eigenvalue weighted by Gasteiger charge is -2.17. The van der Waals surface area contributed by atoms with Gasteiger partial charge in [0.2, 0.25) is 0 Å². The molecule has 0 bridgehead atoms. The Balaban J connectivity index is 2.60. The van der Waals surface area contributed by atoms with Gasteiger partial charge in [-0.15, -0.1) is 0 Å². The van der Waals surface area contributed by atoms with Crippen LogP contribution in [0.15, 0.2) is 24.3 Å². The number of unbranched alkanes of at least 4 members (excludes halogenated alkanes) is 2. The molecule has 0 saturated carbocycles. The van der Waals surface area contributed by atoms with E-state index < -0.39 is 0 Å². The molecule has 0 unspecified atom stereocenters. The summed E-state index contributed by atoms with van der Waals surface area (Å²) in [6.07, 6.45) is 6.41. The van der Waals surface area contributed by atoms with Crippen LogP contribution < -0.4 is 0 Å². The van der Waals surface area contributed by atoms with E-state index in [9.17, 15) is 10.2 Å². The second kappa shape index (κ2) is 8.23. The minimum absolute atomic E-state index is 0.371. The van der Waals surface area contributed by atoms with Crippen molar-refractivity contribution in [3.8, 4) is 22.6 Å². The molecule has 0 fully saturated rings. The lowest BCUT2D eigenvalue weighted by molar-refractivity contribution is 0.469. The van der Waals surface area contributed by atoms with Crippen LogP contribution in [-0.4, -0.2) is 10.2 Å². The molecule has 2 N–H and O–H groups in total. The van der Waals surface area contributed by atoms with Crippen molar-refractivity contribution >= 4 is 0 Å². The highest BCUT2D eigenvalue weighted by molar-refractivity contribution is 5.74. The number of phenolic OH excluding ortho intramolecular Hbond substituents is 2. The summed E-state index contributed by atoms with van der Waals surface area (Å²) >= 11 is 0. The molecule has 0 aliphatic carbocycles. The summed E-state index contributed by atoms with van der Waals surface area (Å²) in [6.45, 7) is 8.26. The third-order valence-corrected chi connectivity index (χ3v) is 4.73. The first-order valence-corrected chi connectivity index (χ1v) is 9.13. The van der Waals surface area contributed by atoms with Crippen LogP contribution in [0, 0.1) is 13.8 Å². The lowest BCUT2D eigenvalue weighted by Crippen LogP contribution is -1.97. The van der Waals surface area contributed by atoms with Crippen LogP contribution in [0.4, 0.5) is 0 Å². The van der Waals surface area contributed by atoms with E-state index in [1.54, 1.807) is 0 Å². The molecule has 24 heavy (non-hydrogen) atoms. The van der Waals surface area contributed by atoms with E-state index in [4.69, 9.17) is 0 Å². The Bertz CT molecular complexity index is 640. The van der Waals surface area contributed by atoms with Crippen molar-refractivity contribution in [2.45, 2.75) is 66.2 Å². The zero-order valence-electron chi connectivity index (χ0n) is 15.4. The predicted octanol–water partition coefficient (Wildman–Crippen LogP) is 6.07. The SMILES string of the molecule is CCCCc1cc(O)c(C)cc1-c1cc(C)c(O)cc1CCCC. The molecule has 0 aliphatic rings. The van der Waals surface area contributed by atoms with E-state index in [0.29, 0.717) is 11.5 Å². The summed E-state index contributed by atoms with van der Waals surface area (Å²) in [5.74, 6) is 0.742. The molecule has 2 aromatic rings. The average molecular weight is 326 g/mol. The maximum atomic E-state index is 10.1. The van der Waals surface area contributed by atoms with E-state index in [-0.39, 0.29) is 0 Å². The zero-order chi connectivity index (χ0) is 17.7. The van der Waals surface area contributed by atoms with Crippen molar-refractivity contribution in [2.24, 2.45) is 0 Å². The van der Waals surface area contributed by atoms with Gasteiger partial charge in [-0.25, -0.2) is 0 Å². The molecule has 0 atom stereocenters. The fourth-order valence-electron chi connectivity index (χ4n) is 3.13. The predicted molar refractivity (Wildman–Crippen MR) is 102 cm³/mol. The fraction of sp³-hybridized carbons (Fsp3) is 0.455.